The summed E-state index contributed by atoms with van der Waals surface area (Å²) in [5, 5.41) is 0. The normalized spacial score (nSPS) is 47.7. The van der Waals surface area contributed by atoms with Gasteiger partial charge in [-0.05, 0) is 38.0 Å². The van der Waals surface area contributed by atoms with Gasteiger partial charge in [-0.15, -0.1) is 0 Å². The van der Waals surface area contributed by atoms with E-state index in [0.29, 0.717) is 11.5 Å². The molecule has 1 aliphatic heterocycles. The maximum Gasteiger partial charge on any atom is 0.0920 e. The van der Waals surface area contributed by atoms with Crippen molar-refractivity contribution in [1.82, 2.24) is 0 Å². The van der Waals surface area contributed by atoms with Crippen LogP contribution in [0.5, 0.6) is 0 Å². The summed E-state index contributed by atoms with van der Waals surface area (Å²) in [5.74, 6) is 0. The summed E-state index contributed by atoms with van der Waals surface area (Å²) in [4.78, 5) is 0. The van der Waals surface area contributed by atoms with Gasteiger partial charge in [-0.25, -0.2) is 0 Å². The van der Waals surface area contributed by atoms with E-state index in [2.05, 4.69) is 20.8 Å². The molecule has 0 N–H and O–H groups in total. The van der Waals surface area contributed by atoms with Crippen molar-refractivity contribution in [3.63, 3.8) is 0 Å². The van der Waals surface area contributed by atoms with Crippen LogP contribution in [-0.4, -0.2) is 11.7 Å². The zero-order valence-corrected chi connectivity index (χ0v) is 7.81. The number of hydrogen-bond donors (Lipinski definition) is 0. The van der Waals surface area contributed by atoms with Crippen molar-refractivity contribution in [2.75, 3.05) is 0 Å². The highest BCUT2D eigenvalue weighted by molar-refractivity contribution is 5.03. The fourth-order valence-electron chi connectivity index (χ4n) is 2.29. The zero-order chi connectivity index (χ0) is 8.11. The average Bonchev–Trinajstić information content (AvgIpc) is 2.38. The van der Waals surface area contributed by atoms with Crippen molar-refractivity contribution in [2.45, 2.75) is 58.2 Å². The molecular formula is C10H18O. The molecule has 0 bridgehead atoms. The molecule has 0 aromatic heterocycles. The van der Waals surface area contributed by atoms with Crippen molar-refractivity contribution >= 4 is 0 Å². The predicted octanol–water partition coefficient (Wildman–Crippen LogP) is 2.74. The first kappa shape index (κ1) is 7.60. The van der Waals surface area contributed by atoms with E-state index < -0.39 is 0 Å². The summed E-state index contributed by atoms with van der Waals surface area (Å²) in [6, 6.07) is 0. The largest absolute Gasteiger partial charge is 0.366 e. The minimum Gasteiger partial charge on any atom is -0.366 e. The first-order valence-electron chi connectivity index (χ1n) is 4.70. The second kappa shape index (κ2) is 2.01. The van der Waals surface area contributed by atoms with Crippen LogP contribution in [0, 0.1) is 5.41 Å². The average molecular weight is 154 g/mol. The number of epoxide rings is 1. The van der Waals surface area contributed by atoms with Gasteiger partial charge in [0.05, 0.1) is 11.7 Å². The highest BCUT2D eigenvalue weighted by atomic mass is 16.6. The summed E-state index contributed by atoms with van der Waals surface area (Å²) < 4.78 is 5.68. The van der Waals surface area contributed by atoms with Gasteiger partial charge in [0, 0.05) is 0 Å². The molecule has 2 unspecified atom stereocenters. The van der Waals surface area contributed by atoms with Crippen LogP contribution in [-0.2, 0) is 4.74 Å². The Balaban J connectivity index is 2.06. The standard InChI is InChI=1S/C10H18O/c1-9(2)5-4-6-10(3)8(7-9)11-10/h8H,4-7H2,1-3H3. The Bertz CT molecular complexity index is 174. The molecule has 11 heavy (non-hydrogen) atoms. The molecule has 2 atom stereocenters. The van der Waals surface area contributed by atoms with Gasteiger partial charge in [0.15, 0.2) is 0 Å². The number of fused-ring (bicyclic) bond motifs is 1. The quantitative estimate of drug-likeness (QED) is 0.489. The van der Waals surface area contributed by atoms with Gasteiger partial charge in [-0.3, -0.25) is 0 Å². The van der Waals surface area contributed by atoms with E-state index in [1.165, 1.54) is 25.7 Å². The minimum atomic E-state index is 0.285. The summed E-state index contributed by atoms with van der Waals surface area (Å²) >= 11 is 0. The Hall–Kier alpha value is -0.0400. The van der Waals surface area contributed by atoms with Crippen molar-refractivity contribution < 1.29 is 4.74 Å². The molecule has 0 aromatic rings. The minimum absolute atomic E-state index is 0.285. The lowest BCUT2D eigenvalue weighted by molar-refractivity contribution is 0.217. The molecule has 1 aliphatic carbocycles. The number of ether oxygens (including phenoxy) is 1. The topological polar surface area (TPSA) is 12.5 Å². The van der Waals surface area contributed by atoms with Crippen LogP contribution >= 0.6 is 0 Å². The van der Waals surface area contributed by atoms with E-state index in [4.69, 9.17) is 4.74 Å². The second-order valence-electron chi connectivity index (χ2n) is 5.14. The Morgan fingerprint density at radius 2 is 1.91 bits per heavy atom. The highest BCUT2D eigenvalue weighted by Crippen LogP contribution is 2.50. The third-order valence-electron chi connectivity index (χ3n) is 3.30. The molecule has 1 nitrogen and oxygen atoms in total. The summed E-state index contributed by atoms with van der Waals surface area (Å²) in [6.07, 6.45) is 5.85. The van der Waals surface area contributed by atoms with E-state index in [1.54, 1.807) is 0 Å². The van der Waals surface area contributed by atoms with E-state index in [-0.39, 0.29) is 5.60 Å². The van der Waals surface area contributed by atoms with Crippen LogP contribution in [0.3, 0.4) is 0 Å². The van der Waals surface area contributed by atoms with E-state index >= 15 is 0 Å². The molecule has 1 saturated carbocycles. The maximum atomic E-state index is 5.68. The third-order valence-corrected chi connectivity index (χ3v) is 3.30. The van der Waals surface area contributed by atoms with Crippen LogP contribution in [0.15, 0.2) is 0 Å². The lowest BCUT2D eigenvalue weighted by atomic mass is 9.84. The molecular weight excluding hydrogens is 136 g/mol. The molecule has 0 spiro atoms. The molecule has 1 heterocycles. The van der Waals surface area contributed by atoms with Gasteiger partial charge in [0.25, 0.3) is 0 Å². The van der Waals surface area contributed by atoms with E-state index in [0.717, 1.165) is 0 Å². The lowest BCUT2D eigenvalue weighted by Crippen LogP contribution is -2.13. The van der Waals surface area contributed by atoms with Crippen molar-refractivity contribution in [2.24, 2.45) is 5.41 Å². The Morgan fingerprint density at radius 1 is 1.18 bits per heavy atom. The third kappa shape index (κ3) is 1.31. The van der Waals surface area contributed by atoms with Gasteiger partial charge in [0.2, 0.25) is 0 Å². The summed E-state index contributed by atoms with van der Waals surface area (Å²) in [7, 11) is 0. The second-order valence-corrected chi connectivity index (χ2v) is 5.14. The number of hydrogen-bond acceptors (Lipinski definition) is 1. The van der Waals surface area contributed by atoms with E-state index in [9.17, 15) is 0 Å². The Labute approximate surface area is 69.1 Å². The molecule has 1 heteroatoms. The molecule has 0 aromatic carbocycles. The molecule has 1 saturated heterocycles. The van der Waals surface area contributed by atoms with Crippen LogP contribution in [0.1, 0.15) is 46.5 Å². The summed E-state index contributed by atoms with van der Waals surface area (Å²) in [5.41, 5.74) is 0.812. The first-order valence-corrected chi connectivity index (χ1v) is 4.70. The first-order chi connectivity index (χ1) is 5.02. The monoisotopic (exact) mass is 154 g/mol. The lowest BCUT2D eigenvalue weighted by Gasteiger charge is -2.21. The van der Waals surface area contributed by atoms with Crippen molar-refractivity contribution in [1.29, 1.82) is 0 Å². The number of rotatable bonds is 0. The van der Waals surface area contributed by atoms with Crippen molar-refractivity contribution in [3.05, 3.63) is 0 Å². The van der Waals surface area contributed by atoms with Crippen LogP contribution in [0.25, 0.3) is 0 Å². The molecule has 64 valence electrons. The van der Waals surface area contributed by atoms with Gasteiger partial charge >= 0.3 is 0 Å². The molecule has 2 aliphatic rings. The molecule has 0 amide bonds. The summed E-state index contributed by atoms with van der Waals surface area (Å²) in [6.45, 7) is 6.99. The van der Waals surface area contributed by atoms with Gasteiger partial charge < -0.3 is 4.74 Å². The fourth-order valence-corrected chi connectivity index (χ4v) is 2.29. The van der Waals surface area contributed by atoms with Crippen molar-refractivity contribution in [3.8, 4) is 0 Å². The molecule has 2 rings (SSSR count). The predicted molar refractivity (Wildman–Crippen MR) is 45.5 cm³/mol. The smallest absolute Gasteiger partial charge is 0.0920 e. The zero-order valence-electron chi connectivity index (χ0n) is 7.81. The SMILES string of the molecule is CC1(C)CCCC2(C)OC2C1. The molecule has 2 fully saturated rings. The maximum absolute atomic E-state index is 5.68. The Morgan fingerprint density at radius 3 is 2.64 bits per heavy atom. The van der Waals surface area contributed by atoms with Gasteiger partial charge in [0.1, 0.15) is 0 Å². The van der Waals surface area contributed by atoms with Crippen LogP contribution < -0.4 is 0 Å². The van der Waals surface area contributed by atoms with E-state index in [1.807, 2.05) is 0 Å². The molecule has 0 radical (unpaired) electrons. The Kier molecular flexibility index (Phi) is 1.39. The highest BCUT2D eigenvalue weighted by Gasteiger charge is 2.54. The van der Waals surface area contributed by atoms with Gasteiger partial charge in [-0.1, -0.05) is 13.8 Å². The van der Waals surface area contributed by atoms with Crippen LogP contribution in [0.2, 0.25) is 0 Å². The van der Waals surface area contributed by atoms with Crippen LogP contribution in [0.4, 0.5) is 0 Å². The van der Waals surface area contributed by atoms with Gasteiger partial charge in [-0.2, -0.15) is 0 Å². The fraction of sp³-hybridized carbons (Fsp3) is 1.00.